The molecule has 1 heterocycles. The van der Waals surface area contributed by atoms with E-state index in [1.807, 2.05) is 0 Å². The molecule has 0 bridgehead atoms. The molecule has 38 heavy (non-hydrogen) atoms. The number of carbonyl (C=O) groups is 2. The molecule has 0 aliphatic carbocycles. The molecule has 3 aromatic rings. The predicted octanol–water partition coefficient (Wildman–Crippen LogP) is 5.64. The lowest BCUT2D eigenvalue weighted by Crippen LogP contribution is -2.32. The van der Waals surface area contributed by atoms with Gasteiger partial charge in [-0.05, 0) is 58.0 Å². The van der Waals surface area contributed by atoms with E-state index in [0.717, 1.165) is 0 Å². The molecule has 0 saturated carbocycles. The summed E-state index contributed by atoms with van der Waals surface area (Å²) in [6.07, 6.45) is 0.907. The van der Waals surface area contributed by atoms with Gasteiger partial charge in [0.1, 0.15) is 5.60 Å². The van der Waals surface area contributed by atoms with Crippen LogP contribution in [0.2, 0.25) is 10.0 Å². The fraction of sp³-hybridized carbons (Fsp3) is 0.296. The van der Waals surface area contributed by atoms with E-state index in [1.54, 1.807) is 70.2 Å². The van der Waals surface area contributed by atoms with Crippen LogP contribution in [0.5, 0.6) is 0 Å². The molecule has 1 aromatic heterocycles. The molecule has 200 valence electrons. The van der Waals surface area contributed by atoms with Gasteiger partial charge in [-0.25, -0.2) is 14.3 Å². The smallest absolute Gasteiger partial charge is 0.408 e. The average Bonchev–Trinajstić information content (AvgIpc) is 3.22. The maximum absolute atomic E-state index is 12.8. The highest BCUT2D eigenvalue weighted by molar-refractivity contribution is 7.84. The fourth-order valence-electron chi connectivity index (χ4n) is 3.38. The minimum Gasteiger partial charge on any atom is -0.461 e. The summed E-state index contributed by atoms with van der Waals surface area (Å²) in [7, 11) is -1.59. The van der Waals surface area contributed by atoms with Crippen molar-refractivity contribution in [2.24, 2.45) is 0 Å². The third-order valence-electron chi connectivity index (χ3n) is 4.84. The van der Waals surface area contributed by atoms with Crippen molar-refractivity contribution in [1.82, 2.24) is 15.1 Å². The highest BCUT2D eigenvalue weighted by atomic mass is 35.5. The summed E-state index contributed by atoms with van der Waals surface area (Å²) in [6.45, 7) is 7.22. The van der Waals surface area contributed by atoms with Crippen LogP contribution in [-0.2, 0) is 20.3 Å². The molecule has 1 amide bonds. The molecule has 0 saturated heterocycles. The molecule has 0 aliphatic heterocycles. The topological polar surface area (TPSA) is 99.5 Å². The summed E-state index contributed by atoms with van der Waals surface area (Å²) < 4.78 is 24.6. The Morgan fingerprint density at radius 1 is 1.13 bits per heavy atom. The maximum Gasteiger partial charge on any atom is 0.408 e. The number of rotatable bonds is 6. The van der Waals surface area contributed by atoms with Gasteiger partial charge < -0.3 is 14.8 Å². The van der Waals surface area contributed by atoms with Crippen LogP contribution in [0.3, 0.4) is 0 Å². The molecule has 2 aromatic carbocycles. The van der Waals surface area contributed by atoms with Crippen LogP contribution in [0.4, 0.5) is 4.79 Å². The number of ether oxygens (including phenoxy) is 2. The van der Waals surface area contributed by atoms with Gasteiger partial charge in [0.2, 0.25) is 0 Å². The number of amides is 1. The van der Waals surface area contributed by atoms with Gasteiger partial charge in [0, 0.05) is 22.4 Å². The lowest BCUT2D eigenvalue weighted by molar-refractivity contribution is 0.0510. The van der Waals surface area contributed by atoms with E-state index in [9.17, 15) is 13.8 Å². The fourth-order valence-corrected chi connectivity index (χ4v) is 4.64. The van der Waals surface area contributed by atoms with Gasteiger partial charge in [-0.3, -0.25) is 4.21 Å². The zero-order valence-electron chi connectivity index (χ0n) is 21.6. The maximum atomic E-state index is 12.8. The Bertz CT molecular complexity index is 1430. The first-order valence-corrected chi connectivity index (χ1v) is 13.9. The molecule has 1 unspecified atom stereocenters. The number of aromatic nitrogens is 2. The van der Waals surface area contributed by atoms with E-state index in [0.29, 0.717) is 32.6 Å². The number of nitrogens with one attached hydrogen (secondary N) is 1. The number of hydrogen-bond donors (Lipinski definition) is 1. The Labute approximate surface area is 234 Å². The minimum atomic E-state index is -1.59. The van der Waals surface area contributed by atoms with Crippen LogP contribution in [0.1, 0.15) is 43.7 Å². The van der Waals surface area contributed by atoms with Crippen molar-refractivity contribution in [2.75, 3.05) is 19.4 Å². The van der Waals surface area contributed by atoms with Gasteiger partial charge in [0.25, 0.3) is 0 Å². The highest BCUT2D eigenvalue weighted by Crippen LogP contribution is 2.34. The summed E-state index contributed by atoms with van der Waals surface area (Å²) >= 11 is 12.7. The summed E-state index contributed by atoms with van der Waals surface area (Å²) in [5.74, 6) is 5.09. The van der Waals surface area contributed by atoms with Gasteiger partial charge >= 0.3 is 12.1 Å². The van der Waals surface area contributed by atoms with Crippen molar-refractivity contribution in [1.29, 1.82) is 0 Å². The van der Waals surface area contributed by atoms with Crippen LogP contribution in [0.15, 0.2) is 47.4 Å². The Hall–Kier alpha value is -3.32. The van der Waals surface area contributed by atoms with E-state index in [1.165, 1.54) is 10.9 Å². The van der Waals surface area contributed by atoms with Crippen molar-refractivity contribution >= 4 is 46.1 Å². The first kappa shape index (κ1) is 29.2. The predicted molar refractivity (Wildman–Crippen MR) is 148 cm³/mol. The Morgan fingerprint density at radius 3 is 2.39 bits per heavy atom. The summed E-state index contributed by atoms with van der Waals surface area (Å²) in [4.78, 5) is 24.7. The molecular formula is C27H27Cl2N3O5S. The second-order valence-electron chi connectivity index (χ2n) is 8.94. The number of halogens is 2. The molecule has 3 rings (SSSR count). The molecule has 1 atom stereocenters. The van der Waals surface area contributed by atoms with Gasteiger partial charge in [-0.15, -0.1) is 0 Å². The molecule has 0 fully saturated rings. The standard InChI is InChI=1S/C27H27Cl2N3O5S/c1-6-36-25(33)22-24(38(5)35)23(18-10-12-19(28)13-11-18)32(31-22)21-14-9-17(16-20(21)29)8-7-15-30-26(34)37-27(2,3)4/h9-14,16H,6,15H2,1-5H3,(H,30,34). The number of hydrogen-bond acceptors (Lipinski definition) is 6. The van der Waals surface area contributed by atoms with Crippen LogP contribution in [-0.4, -0.2) is 51.1 Å². The Morgan fingerprint density at radius 2 is 1.82 bits per heavy atom. The van der Waals surface area contributed by atoms with Crippen LogP contribution < -0.4 is 5.32 Å². The van der Waals surface area contributed by atoms with E-state index in [2.05, 4.69) is 22.3 Å². The number of carbonyl (C=O) groups excluding carboxylic acids is 2. The second kappa shape index (κ2) is 12.5. The lowest BCUT2D eigenvalue weighted by Gasteiger charge is -2.19. The third kappa shape index (κ3) is 7.38. The van der Waals surface area contributed by atoms with Gasteiger partial charge in [-0.1, -0.05) is 47.2 Å². The van der Waals surface area contributed by atoms with Crippen molar-refractivity contribution in [3.05, 3.63) is 63.8 Å². The van der Waals surface area contributed by atoms with E-state index in [4.69, 9.17) is 32.7 Å². The van der Waals surface area contributed by atoms with E-state index < -0.39 is 28.5 Å². The van der Waals surface area contributed by atoms with E-state index in [-0.39, 0.29) is 23.7 Å². The molecule has 0 aliphatic rings. The van der Waals surface area contributed by atoms with Crippen molar-refractivity contribution < 1.29 is 23.3 Å². The minimum absolute atomic E-state index is 0.0641. The quantitative estimate of drug-likeness (QED) is 0.302. The highest BCUT2D eigenvalue weighted by Gasteiger charge is 2.29. The largest absolute Gasteiger partial charge is 0.461 e. The Kier molecular flexibility index (Phi) is 9.60. The molecule has 8 nitrogen and oxygen atoms in total. The number of nitrogens with zero attached hydrogens (tertiary/aromatic N) is 2. The van der Waals surface area contributed by atoms with Crippen LogP contribution in [0.25, 0.3) is 16.9 Å². The number of esters is 1. The summed E-state index contributed by atoms with van der Waals surface area (Å²) in [5, 5.41) is 7.85. The van der Waals surface area contributed by atoms with Gasteiger partial charge in [-0.2, -0.15) is 5.10 Å². The van der Waals surface area contributed by atoms with Crippen molar-refractivity contribution in [3.63, 3.8) is 0 Å². The monoisotopic (exact) mass is 575 g/mol. The van der Waals surface area contributed by atoms with Crippen molar-refractivity contribution in [2.45, 2.75) is 38.2 Å². The normalized spacial score (nSPS) is 11.8. The molecule has 11 heteroatoms. The average molecular weight is 577 g/mol. The number of alkyl carbamates (subject to hydrolysis) is 1. The lowest BCUT2D eigenvalue weighted by atomic mass is 10.1. The number of benzene rings is 2. The Balaban J connectivity index is 2.01. The van der Waals surface area contributed by atoms with Gasteiger partial charge in [0.05, 0.1) is 45.3 Å². The second-order valence-corrected chi connectivity index (χ2v) is 11.1. The summed E-state index contributed by atoms with van der Waals surface area (Å²) in [5.41, 5.74) is 1.43. The zero-order valence-corrected chi connectivity index (χ0v) is 23.9. The molecule has 0 radical (unpaired) electrons. The van der Waals surface area contributed by atoms with Crippen LogP contribution >= 0.6 is 23.2 Å². The molecular weight excluding hydrogens is 549 g/mol. The SMILES string of the molecule is CCOC(=O)c1nn(-c2ccc(C#CCNC(=O)OC(C)(C)C)cc2Cl)c(-c2ccc(Cl)cc2)c1S(C)=O. The summed E-state index contributed by atoms with van der Waals surface area (Å²) in [6, 6.07) is 11.9. The third-order valence-corrected chi connectivity index (χ3v) is 6.36. The van der Waals surface area contributed by atoms with E-state index >= 15 is 0 Å². The molecule has 0 spiro atoms. The first-order chi connectivity index (χ1) is 17.9. The van der Waals surface area contributed by atoms with Crippen LogP contribution in [0, 0.1) is 11.8 Å². The van der Waals surface area contributed by atoms with Gasteiger partial charge in [0.15, 0.2) is 5.69 Å². The zero-order chi connectivity index (χ0) is 28.0. The first-order valence-electron chi connectivity index (χ1n) is 11.6. The molecule has 1 N–H and O–H groups in total. The van der Waals surface area contributed by atoms with Crippen molar-refractivity contribution in [3.8, 4) is 28.8 Å².